The molecule has 0 saturated heterocycles. The van der Waals surface area contributed by atoms with E-state index in [1.807, 2.05) is 31.2 Å². The molecule has 0 saturated carbocycles. The maximum absolute atomic E-state index is 14.2. The van der Waals surface area contributed by atoms with Crippen LogP contribution in [0.15, 0.2) is 54.6 Å². The molecule has 11 heteroatoms. The standard InChI is InChI=1S/C25H23Cl2FN4O3S/c1-3-34-22-12-15(11-19(27)23(22)35-14-17-18(26)8-6-9-20(17)28)13-29-32-24(30-31-25(32)36)16-7-4-5-10-21(16)33-2/h4-12,29H,3,13-14H2,1-2H3,(H,31,36). The van der Waals surface area contributed by atoms with Gasteiger partial charge in [0, 0.05) is 5.56 Å². The number of methoxy groups -OCH3 is 1. The number of para-hydroxylation sites is 1. The molecule has 0 aliphatic rings. The maximum atomic E-state index is 14.2. The van der Waals surface area contributed by atoms with Crippen LogP contribution in [0.5, 0.6) is 17.2 Å². The van der Waals surface area contributed by atoms with Gasteiger partial charge in [0.2, 0.25) is 4.77 Å². The van der Waals surface area contributed by atoms with Crippen LogP contribution in [0.2, 0.25) is 10.0 Å². The number of aromatic amines is 1. The van der Waals surface area contributed by atoms with Crippen LogP contribution in [-0.2, 0) is 13.2 Å². The van der Waals surface area contributed by atoms with E-state index in [-0.39, 0.29) is 17.2 Å². The molecule has 4 rings (SSSR count). The topological polar surface area (TPSA) is 73.3 Å². The molecular formula is C25H23Cl2FN4O3S. The Morgan fingerprint density at radius 2 is 1.86 bits per heavy atom. The van der Waals surface area contributed by atoms with Gasteiger partial charge in [0.25, 0.3) is 0 Å². The predicted molar refractivity (Wildman–Crippen MR) is 141 cm³/mol. The van der Waals surface area contributed by atoms with Crippen molar-refractivity contribution in [2.24, 2.45) is 0 Å². The molecule has 0 bridgehead atoms. The van der Waals surface area contributed by atoms with E-state index < -0.39 is 5.82 Å². The number of hydrogen-bond donors (Lipinski definition) is 2. The van der Waals surface area contributed by atoms with E-state index in [4.69, 9.17) is 49.6 Å². The number of halogens is 3. The Morgan fingerprint density at radius 3 is 2.61 bits per heavy atom. The van der Waals surface area contributed by atoms with E-state index in [0.29, 0.717) is 46.0 Å². The van der Waals surface area contributed by atoms with Gasteiger partial charge in [-0.2, -0.15) is 5.10 Å². The van der Waals surface area contributed by atoms with Crippen molar-refractivity contribution in [2.75, 3.05) is 19.1 Å². The fraction of sp³-hybridized carbons (Fsp3) is 0.200. The van der Waals surface area contributed by atoms with Crippen molar-refractivity contribution in [3.05, 3.63) is 86.4 Å². The minimum absolute atomic E-state index is 0.102. The van der Waals surface area contributed by atoms with E-state index in [2.05, 4.69) is 15.6 Å². The largest absolute Gasteiger partial charge is 0.496 e. The van der Waals surface area contributed by atoms with E-state index in [1.54, 1.807) is 30.0 Å². The van der Waals surface area contributed by atoms with Crippen molar-refractivity contribution in [1.82, 2.24) is 14.9 Å². The zero-order chi connectivity index (χ0) is 25.7. The van der Waals surface area contributed by atoms with Gasteiger partial charge >= 0.3 is 0 Å². The summed E-state index contributed by atoms with van der Waals surface area (Å²) in [7, 11) is 1.60. The van der Waals surface area contributed by atoms with Crippen molar-refractivity contribution in [3.63, 3.8) is 0 Å². The number of rotatable bonds is 10. The van der Waals surface area contributed by atoms with Crippen LogP contribution in [0.25, 0.3) is 11.4 Å². The molecule has 0 fully saturated rings. The summed E-state index contributed by atoms with van der Waals surface area (Å²) < 4.78 is 33.3. The lowest BCUT2D eigenvalue weighted by Crippen LogP contribution is -2.16. The summed E-state index contributed by atoms with van der Waals surface area (Å²) in [6, 6.07) is 15.5. The molecule has 188 valence electrons. The smallest absolute Gasteiger partial charge is 0.214 e. The SMILES string of the molecule is CCOc1cc(CNn2c(-c3ccccc3OC)n[nH]c2=S)cc(Cl)c1OCc1c(F)cccc1Cl. The number of aromatic nitrogens is 3. The van der Waals surface area contributed by atoms with Crippen LogP contribution in [0.1, 0.15) is 18.1 Å². The molecule has 0 aliphatic heterocycles. The molecule has 0 amide bonds. The molecule has 0 spiro atoms. The van der Waals surface area contributed by atoms with Gasteiger partial charge in [-0.05, 0) is 61.1 Å². The first-order valence-electron chi connectivity index (χ1n) is 11.0. The molecule has 1 aromatic heterocycles. The van der Waals surface area contributed by atoms with Gasteiger partial charge < -0.3 is 19.6 Å². The normalized spacial score (nSPS) is 10.8. The highest BCUT2D eigenvalue weighted by atomic mass is 35.5. The first-order valence-corrected chi connectivity index (χ1v) is 12.1. The third kappa shape index (κ3) is 5.59. The highest BCUT2D eigenvalue weighted by Gasteiger charge is 2.17. The molecule has 0 atom stereocenters. The van der Waals surface area contributed by atoms with Crippen molar-refractivity contribution in [2.45, 2.75) is 20.1 Å². The summed E-state index contributed by atoms with van der Waals surface area (Å²) in [5.41, 5.74) is 5.06. The molecule has 0 aliphatic carbocycles. The van der Waals surface area contributed by atoms with Crippen molar-refractivity contribution >= 4 is 35.4 Å². The van der Waals surface area contributed by atoms with Gasteiger partial charge in [-0.15, -0.1) is 0 Å². The molecule has 36 heavy (non-hydrogen) atoms. The van der Waals surface area contributed by atoms with Crippen LogP contribution in [0.4, 0.5) is 4.39 Å². The predicted octanol–water partition coefficient (Wildman–Crippen LogP) is 6.78. The molecule has 4 aromatic rings. The molecule has 0 radical (unpaired) electrons. The Hall–Kier alpha value is -3.27. The Morgan fingerprint density at radius 1 is 1.06 bits per heavy atom. The summed E-state index contributed by atoms with van der Waals surface area (Å²) in [5.74, 6) is 1.49. The van der Waals surface area contributed by atoms with Gasteiger partial charge in [-0.3, -0.25) is 0 Å². The van der Waals surface area contributed by atoms with Crippen LogP contribution >= 0.6 is 35.4 Å². The first-order chi connectivity index (χ1) is 17.4. The average Bonchev–Trinajstić information content (AvgIpc) is 3.23. The minimum atomic E-state index is -0.458. The number of H-pyrrole nitrogens is 1. The first kappa shape index (κ1) is 25.8. The van der Waals surface area contributed by atoms with Crippen molar-refractivity contribution in [3.8, 4) is 28.6 Å². The molecular weight excluding hydrogens is 526 g/mol. The number of hydrogen-bond acceptors (Lipinski definition) is 6. The minimum Gasteiger partial charge on any atom is -0.496 e. The van der Waals surface area contributed by atoms with Crippen molar-refractivity contribution in [1.29, 1.82) is 0 Å². The second-order valence-electron chi connectivity index (χ2n) is 7.55. The third-order valence-corrected chi connectivity index (χ3v) is 6.16. The van der Waals surface area contributed by atoms with Crippen molar-refractivity contribution < 1.29 is 18.6 Å². The summed E-state index contributed by atoms with van der Waals surface area (Å²) >= 11 is 18.1. The van der Waals surface area contributed by atoms with E-state index in [0.717, 1.165) is 11.1 Å². The lowest BCUT2D eigenvalue weighted by atomic mass is 10.2. The Labute approximate surface area is 222 Å². The van der Waals surface area contributed by atoms with Crippen LogP contribution in [0, 0.1) is 10.6 Å². The van der Waals surface area contributed by atoms with Gasteiger partial charge in [0.15, 0.2) is 17.3 Å². The van der Waals surface area contributed by atoms with Crippen LogP contribution < -0.4 is 19.6 Å². The third-order valence-electron chi connectivity index (χ3n) is 5.25. The number of nitrogens with zero attached hydrogens (tertiary/aromatic N) is 2. The lowest BCUT2D eigenvalue weighted by Gasteiger charge is -2.17. The number of benzene rings is 3. The average molecular weight is 549 g/mol. The van der Waals surface area contributed by atoms with Gasteiger partial charge in [0.1, 0.15) is 18.2 Å². The maximum Gasteiger partial charge on any atom is 0.214 e. The van der Waals surface area contributed by atoms with Gasteiger partial charge in [-0.1, -0.05) is 41.4 Å². The molecule has 7 nitrogen and oxygen atoms in total. The lowest BCUT2D eigenvalue weighted by molar-refractivity contribution is 0.266. The van der Waals surface area contributed by atoms with Gasteiger partial charge in [-0.25, -0.2) is 14.2 Å². The van der Waals surface area contributed by atoms with E-state index in [1.165, 1.54) is 12.1 Å². The van der Waals surface area contributed by atoms with Crippen LogP contribution in [0.3, 0.4) is 0 Å². The highest BCUT2D eigenvalue weighted by Crippen LogP contribution is 2.38. The molecule has 2 N–H and O–H groups in total. The fourth-order valence-corrected chi connectivity index (χ4v) is 4.27. The number of nitrogens with one attached hydrogen (secondary N) is 2. The summed E-state index contributed by atoms with van der Waals surface area (Å²) in [5, 5.41) is 7.73. The van der Waals surface area contributed by atoms with Gasteiger partial charge in [0.05, 0.1) is 35.9 Å². The fourth-order valence-electron chi connectivity index (χ4n) is 3.57. The summed E-state index contributed by atoms with van der Waals surface area (Å²) in [4.78, 5) is 0. The zero-order valence-electron chi connectivity index (χ0n) is 19.5. The highest BCUT2D eigenvalue weighted by molar-refractivity contribution is 7.71. The molecule has 3 aromatic carbocycles. The van der Waals surface area contributed by atoms with E-state index >= 15 is 0 Å². The van der Waals surface area contributed by atoms with E-state index in [9.17, 15) is 4.39 Å². The zero-order valence-corrected chi connectivity index (χ0v) is 21.8. The molecule has 1 heterocycles. The second kappa shape index (κ2) is 11.6. The monoisotopic (exact) mass is 548 g/mol. The second-order valence-corrected chi connectivity index (χ2v) is 8.75. The molecule has 0 unspecified atom stereocenters. The summed E-state index contributed by atoms with van der Waals surface area (Å²) in [6.07, 6.45) is 0. The Bertz CT molecular complexity index is 1410. The van der Waals surface area contributed by atoms with Crippen LogP contribution in [-0.4, -0.2) is 28.6 Å². The summed E-state index contributed by atoms with van der Waals surface area (Å²) in [6.45, 7) is 2.47. The quantitative estimate of drug-likeness (QED) is 0.213. The Balaban J connectivity index is 1.57. The Kier molecular flexibility index (Phi) is 8.35. The number of ether oxygens (including phenoxy) is 3.